The van der Waals surface area contributed by atoms with E-state index in [-0.39, 0.29) is 44.6 Å². The molecule has 3 fully saturated rings. The third kappa shape index (κ3) is 3.37. The molecule has 2 saturated carbocycles. The molecule has 1 saturated heterocycles. The smallest absolute Gasteiger partial charge is 0.326 e. The zero-order chi connectivity index (χ0) is 21.7. The van der Waals surface area contributed by atoms with Gasteiger partial charge in [0.1, 0.15) is 6.54 Å². The number of alkyl halides is 2. The van der Waals surface area contributed by atoms with Crippen LogP contribution in [0.5, 0.6) is 0 Å². The Morgan fingerprint density at radius 2 is 1.73 bits per heavy atom. The number of amides is 2. The van der Waals surface area contributed by atoms with E-state index in [1.165, 1.54) is 18.2 Å². The average molecular weight is 544 g/mol. The summed E-state index contributed by atoms with van der Waals surface area (Å²) in [6.07, 6.45) is 0.786. The van der Waals surface area contributed by atoms with Crippen molar-refractivity contribution in [2.75, 3.05) is 13.2 Å². The summed E-state index contributed by atoms with van der Waals surface area (Å²) in [5.41, 5.74) is -0.222. The molecule has 9 nitrogen and oxygen atoms in total. The van der Waals surface area contributed by atoms with E-state index in [1.54, 1.807) is 0 Å². The molecule has 0 aromatic heterocycles. The summed E-state index contributed by atoms with van der Waals surface area (Å²) in [6, 6.07) is 5.07. The minimum atomic E-state index is -0.881. The number of nitro benzene ring substituents is 1. The number of nitrogens with zero attached hydrogens (tertiary/aromatic N) is 2. The minimum absolute atomic E-state index is 0.0307. The van der Waals surface area contributed by atoms with Gasteiger partial charge in [0.05, 0.1) is 16.8 Å². The van der Waals surface area contributed by atoms with Crippen molar-refractivity contribution in [1.82, 2.24) is 4.90 Å². The lowest BCUT2D eigenvalue weighted by Gasteiger charge is -2.28. The lowest BCUT2D eigenvalue weighted by molar-refractivity contribution is -0.384. The van der Waals surface area contributed by atoms with Gasteiger partial charge in [0, 0.05) is 27.4 Å². The van der Waals surface area contributed by atoms with Crippen LogP contribution in [0.15, 0.2) is 24.3 Å². The zero-order valence-corrected chi connectivity index (χ0v) is 18.6. The van der Waals surface area contributed by atoms with E-state index in [2.05, 4.69) is 31.9 Å². The monoisotopic (exact) mass is 542 g/mol. The number of esters is 1. The fourth-order valence-electron chi connectivity index (χ4n) is 4.76. The predicted molar refractivity (Wildman–Crippen MR) is 109 cm³/mol. The molecule has 0 N–H and O–H groups in total. The van der Waals surface area contributed by atoms with E-state index in [0.29, 0.717) is 0 Å². The van der Waals surface area contributed by atoms with Crippen molar-refractivity contribution in [2.45, 2.75) is 16.1 Å². The van der Waals surface area contributed by atoms with Crippen molar-refractivity contribution in [1.29, 1.82) is 0 Å². The Hall–Kier alpha value is -2.14. The summed E-state index contributed by atoms with van der Waals surface area (Å²) in [5, 5.41) is 10.8. The first-order chi connectivity index (χ1) is 14.2. The Morgan fingerprint density at radius 1 is 1.13 bits per heavy atom. The molecule has 4 rings (SSSR count). The van der Waals surface area contributed by atoms with Gasteiger partial charge in [-0.05, 0) is 18.3 Å². The number of non-ortho nitro benzene ring substituents is 1. The second-order valence-corrected chi connectivity index (χ2v) is 9.77. The number of carbonyl (C=O) groups excluding carboxylic acids is 4. The van der Waals surface area contributed by atoms with Gasteiger partial charge in [-0.2, -0.15) is 0 Å². The number of Topliss-reactive ketones (excluding diaryl/α,β-unsaturated/α-hetero) is 1. The standard InChI is InChI=1S/C19H16Br2N2O7/c20-16-10-5-11(17(16)21)15-14(10)18(26)22(19(15)27)6-13(25)30-7-12(24)8-2-1-3-9(4-8)23(28)29/h1-4,10-11,14-17H,5-7H2/t10-,11-,14-,15-,16-,17+/m0/s1. The van der Waals surface area contributed by atoms with Crippen LogP contribution in [-0.4, -0.2) is 56.2 Å². The maximum absolute atomic E-state index is 12.8. The molecule has 3 aliphatic rings. The molecule has 11 heteroatoms. The molecule has 30 heavy (non-hydrogen) atoms. The van der Waals surface area contributed by atoms with Crippen LogP contribution in [-0.2, 0) is 19.1 Å². The minimum Gasteiger partial charge on any atom is -0.456 e. The number of halogens is 2. The number of benzene rings is 1. The first-order valence-electron chi connectivity index (χ1n) is 9.27. The van der Waals surface area contributed by atoms with Gasteiger partial charge in [0.25, 0.3) is 5.69 Å². The van der Waals surface area contributed by atoms with Crippen molar-refractivity contribution in [3.8, 4) is 0 Å². The van der Waals surface area contributed by atoms with Gasteiger partial charge in [0.2, 0.25) is 17.6 Å². The normalized spacial score (nSPS) is 31.7. The van der Waals surface area contributed by atoms with Crippen LogP contribution >= 0.6 is 31.9 Å². The fourth-order valence-corrected chi connectivity index (χ4v) is 6.64. The number of likely N-dealkylation sites (tertiary alicyclic amines) is 1. The third-order valence-electron chi connectivity index (χ3n) is 6.11. The molecule has 2 aliphatic carbocycles. The van der Waals surface area contributed by atoms with Crippen LogP contribution in [0.2, 0.25) is 0 Å². The van der Waals surface area contributed by atoms with Crippen LogP contribution < -0.4 is 0 Å². The molecular formula is C19H16Br2N2O7. The fraction of sp³-hybridized carbons (Fsp3) is 0.474. The summed E-state index contributed by atoms with van der Waals surface area (Å²) >= 11 is 7.18. The lowest BCUT2D eigenvalue weighted by atomic mass is 9.81. The van der Waals surface area contributed by atoms with E-state index in [1.807, 2.05) is 0 Å². The van der Waals surface area contributed by atoms with Crippen LogP contribution in [0.1, 0.15) is 16.8 Å². The number of hydrogen-bond donors (Lipinski definition) is 0. The van der Waals surface area contributed by atoms with Crippen molar-refractivity contribution < 1.29 is 28.8 Å². The lowest BCUT2D eigenvalue weighted by Crippen LogP contribution is -2.38. The Balaban J connectivity index is 1.36. The molecule has 1 aliphatic heterocycles. The van der Waals surface area contributed by atoms with Crippen molar-refractivity contribution in [3.63, 3.8) is 0 Å². The summed E-state index contributed by atoms with van der Waals surface area (Å²) in [7, 11) is 0. The van der Waals surface area contributed by atoms with E-state index < -0.39 is 41.7 Å². The number of hydrogen-bond acceptors (Lipinski definition) is 7. The molecule has 0 unspecified atom stereocenters. The highest BCUT2D eigenvalue weighted by Gasteiger charge is 2.66. The highest BCUT2D eigenvalue weighted by atomic mass is 79.9. The largest absolute Gasteiger partial charge is 0.456 e. The summed E-state index contributed by atoms with van der Waals surface area (Å²) in [5.74, 6) is -3.03. The Bertz CT molecular complexity index is 936. The highest BCUT2D eigenvalue weighted by molar-refractivity contribution is 9.12. The Labute approximate surface area is 187 Å². The van der Waals surface area contributed by atoms with Crippen molar-refractivity contribution in [3.05, 3.63) is 39.9 Å². The van der Waals surface area contributed by atoms with Gasteiger partial charge < -0.3 is 4.74 Å². The van der Waals surface area contributed by atoms with Gasteiger partial charge in [-0.1, -0.05) is 44.0 Å². The molecule has 1 heterocycles. The first kappa shape index (κ1) is 21.1. The molecule has 158 valence electrons. The molecule has 2 bridgehead atoms. The molecule has 0 radical (unpaired) electrons. The topological polar surface area (TPSA) is 124 Å². The number of fused-ring (bicyclic) bond motifs is 5. The molecule has 6 atom stereocenters. The molecular weight excluding hydrogens is 528 g/mol. The van der Waals surface area contributed by atoms with Gasteiger partial charge in [-0.25, -0.2) is 0 Å². The summed E-state index contributed by atoms with van der Waals surface area (Å²) in [6.45, 7) is -1.19. The summed E-state index contributed by atoms with van der Waals surface area (Å²) < 4.78 is 4.93. The van der Waals surface area contributed by atoms with E-state index in [0.717, 1.165) is 17.4 Å². The molecule has 1 aromatic carbocycles. The van der Waals surface area contributed by atoms with Crippen molar-refractivity contribution >= 4 is 61.1 Å². The van der Waals surface area contributed by atoms with Crippen LogP contribution in [0.4, 0.5) is 5.69 Å². The van der Waals surface area contributed by atoms with Gasteiger partial charge in [-0.3, -0.25) is 34.2 Å². The second kappa shape index (κ2) is 7.84. The maximum atomic E-state index is 12.8. The first-order valence-corrected chi connectivity index (χ1v) is 11.1. The van der Waals surface area contributed by atoms with E-state index in [4.69, 9.17) is 4.74 Å². The number of rotatable bonds is 6. The van der Waals surface area contributed by atoms with Crippen LogP contribution in [0.25, 0.3) is 0 Å². The van der Waals surface area contributed by atoms with Gasteiger partial charge in [0.15, 0.2) is 6.61 Å². The quantitative estimate of drug-likeness (QED) is 0.134. The van der Waals surface area contributed by atoms with Crippen LogP contribution in [0, 0.1) is 33.8 Å². The SMILES string of the molecule is O=C(CN1C(=O)[C@H]2[C@@H]3C[C@H]([C@@H](Br)[C@H]3Br)[C@@H]2C1=O)OCC(=O)c1cccc([N+](=O)[O-])c1. The maximum Gasteiger partial charge on any atom is 0.326 e. The van der Waals surface area contributed by atoms with E-state index >= 15 is 0 Å². The van der Waals surface area contributed by atoms with Crippen molar-refractivity contribution in [2.24, 2.45) is 23.7 Å². The second-order valence-electron chi connectivity index (χ2n) is 7.66. The Morgan fingerprint density at radius 3 is 2.30 bits per heavy atom. The number of carbonyl (C=O) groups is 4. The third-order valence-corrected chi connectivity index (χ3v) is 9.32. The summed E-state index contributed by atoms with van der Waals surface area (Å²) in [4.78, 5) is 61.2. The molecule has 0 spiro atoms. The number of ketones is 1. The molecule has 2 amide bonds. The van der Waals surface area contributed by atoms with Gasteiger partial charge in [-0.15, -0.1) is 0 Å². The number of nitro groups is 1. The van der Waals surface area contributed by atoms with Crippen LogP contribution in [0.3, 0.4) is 0 Å². The highest BCUT2D eigenvalue weighted by Crippen LogP contribution is 2.60. The zero-order valence-electron chi connectivity index (χ0n) is 15.4. The number of ether oxygens (including phenoxy) is 1. The average Bonchev–Trinajstić information content (AvgIpc) is 3.33. The Kier molecular flexibility index (Phi) is 5.52. The molecule has 1 aromatic rings. The number of imide groups is 1. The van der Waals surface area contributed by atoms with E-state index in [9.17, 15) is 29.3 Å². The van der Waals surface area contributed by atoms with Gasteiger partial charge >= 0.3 is 5.97 Å². The predicted octanol–water partition coefficient (Wildman–Crippen LogP) is 2.10.